The van der Waals surface area contributed by atoms with Crippen LogP contribution in [-0.2, 0) is 17.1 Å². The second-order valence-electron chi connectivity index (χ2n) is 6.11. The normalized spacial score (nSPS) is 15.3. The molecule has 0 bridgehead atoms. The fourth-order valence-electron chi connectivity index (χ4n) is 3.03. The Labute approximate surface area is 158 Å². The molecule has 2 heterocycles. The Bertz CT molecular complexity index is 918. The molecule has 1 aliphatic rings. The van der Waals surface area contributed by atoms with Crippen LogP contribution in [0.15, 0.2) is 41.4 Å². The molecule has 1 N–H and O–H groups in total. The van der Waals surface area contributed by atoms with Gasteiger partial charge in [-0.2, -0.15) is 0 Å². The van der Waals surface area contributed by atoms with E-state index < -0.39 is 10.0 Å². The van der Waals surface area contributed by atoms with E-state index in [0.29, 0.717) is 36.9 Å². The summed E-state index contributed by atoms with van der Waals surface area (Å²) >= 11 is 6.24. The molecule has 1 aromatic heterocycles. The van der Waals surface area contributed by atoms with Gasteiger partial charge in [0.05, 0.1) is 10.7 Å². The van der Waals surface area contributed by atoms with Crippen LogP contribution in [0.4, 0.5) is 5.69 Å². The molecule has 9 heteroatoms. The lowest BCUT2D eigenvalue weighted by molar-refractivity contribution is 0.0737. The molecule has 0 unspecified atom stereocenters. The molecule has 0 spiro atoms. The van der Waals surface area contributed by atoms with Gasteiger partial charge in [-0.1, -0.05) is 23.7 Å². The lowest BCUT2D eigenvalue weighted by atomic mass is 10.2. The van der Waals surface area contributed by atoms with Crippen molar-refractivity contribution in [2.45, 2.75) is 4.90 Å². The van der Waals surface area contributed by atoms with Crippen molar-refractivity contribution in [3.63, 3.8) is 0 Å². The van der Waals surface area contributed by atoms with Crippen LogP contribution in [0, 0.1) is 0 Å². The van der Waals surface area contributed by atoms with Crippen LogP contribution < -0.4 is 9.62 Å². The molecule has 1 aromatic carbocycles. The van der Waals surface area contributed by atoms with Crippen molar-refractivity contribution in [1.82, 2.24) is 14.2 Å². The highest BCUT2D eigenvalue weighted by Crippen LogP contribution is 2.26. The lowest BCUT2D eigenvalue weighted by Crippen LogP contribution is -2.49. The fourth-order valence-corrected chi connectivity index (χ4v) is 4.09. The predicted octanol–water partition coefficient (Wildman–Crippen LogP) is 1.55. The van der Waals surface area contributed by atoms with E-state index in [9.17, 15) is 13.2 Å². The summed E-state index contributed by atoms with van der Waals surface area (Å²) in [5.74, 6) is -0.177. The van der Waals surface area contributed by atoms with E-state index in [1.54, 1.807) is 16.5 Å². The largest absolute Gasteiger partial charge is 0.367 e. The number of para-hydroxylation sites is 1. The van der Waals surface area contributed by atoms with Crippen molar-refractivity contribution in [3.05, 3.63) is 47.2 Å². The van der Waals surface area contributed by atoms with Gasteiger partial charge in [-0.25, -0.2) is 13.1 Å². The van der Waals surface area contributed by atoms with Crippen LogP contribution in [0.3, 0.4) is 0 Å². The first-order valence-corrected chi connectivity index (χ1v) is 10.1. The highest BCUT2D eigenvalue weighted by Gasteiger charge is 2.26. The molecule has 1 amide bonds. The third kappa shape index (κ3) is 3.58. The minimum Gasteiger partial charge on any atom is -0.367 e. The van der Waals surface area contributed by atoms with Crippen LogP contribution in [0.25, 0.3) is 0 Å². The predicted molar refractivity (Wildman–Crippen MR) is 101 cm³/mol. The number of piperazine rings is 1. The first kappa shape index (κ1) is 18.8. The highest BCUT2D eigenvalue weighted by atomic mass is 35.5. The molecule has 1 fully saturated rings. The summed E-state index contributed by atoms with van der Waals surface area (Å²) in [7, 11) is -0.565. The number of carbonyl (C=O) groups excluding carboxylic acids is 1. The van der Waals surface area contributed by atoms with Gasteiger partial charge in [-0.15, -0.1) is 0 Å². The third-order valence-electron chi connectivity index (χ3n) is 4.54. The summed E-state index contributed by atoms with van der Waals surface area (Å²) < 4.78 is 27.7. The number of nitrogens with zero attached hydrogens (tertiary/aromatic N) is 3. The van der Waals surface area contributed by atoms with Gasteiger partial charge < -0.3 is 14.4 Å². The standard InChI is InChI=1S/C17H21ClN4O3S/c1-19-26(24,25)13-11-16(20(2)12-13)17(23)22-9-7-21(8-10-22)15-6-4-3-5-14(15)18/h3-6,11-12,19H,7-10H2,1-2H3. The molecular formula is C17H21ClN4O3S. The van der Waals surface area contributed by atoms with Crippen LogP contribution in [0.1, 0.15) is 10.5 Å². The van der Waals surface area contributed by atoms with Gasteiger partial charge in [-0.3, -0.25) is 4.79 Å². The average molecular weight is 397 g/mol. The monoisotopic (exact) mass is 396 g/mol. The van der Waals surface area contributed by atoms with Crippen molar-refractivity contribution < 1.29 is 13.2 Å². The second kappa shape index (κ2) is 7.30. The van der Waals surface area contributed by atoms with Crippen LogP contribution in [0.5, 0.6) is 0 Å². The molecule has 140 valence electrons. The highest BCUT2D eigenvalue weighted by molar-refractivity contribution is 7.89. The molecule has 0 radical (unpaired) electrons. The van der Waals surface area contributed by atoms with Crippen LogP contribution in [0.2, 0.25) is 5.02 Å². The number of carbonyl (C=O) groups is 1. The third-order valence-corrected chi connectivity index (χ3v) is 6.24. The van der Waals surface area contributed by atoms with Gasteiger partial charge in [0.1, 0.15) is 10.6 Å². The first-order chi connectivity index (χ1) is 12.3. The zero-order chi connectivity index (χ0) is 18.9. The number of hydrogen-bond donors (Lipinski definition) is 1. The minimum absolute atomic E-state index is 0.0838. The topological polar surface area (TPSA) is 74.7 Å². The fraction of sp³-hybridized carbons (Fsp3) is 0.353. The summed E-state index contributed by atoms with van der Waals surface area (Å²) in [5.41, 5.74) is 1.31. The molecule has 7 nitrogen and oxygen atoms in total. The lowest BCUT2D eigenvalue weighted by Gasteiger charge is -2.36. The zero-order valence-corrected chi connectivity index (χ0v) is 16.2. The SMILES string of the molecule is CNS(=O)(=O)c1cc(C(=O)N2CCN(c3ccccc3Cl)CC2)n(C)c1. The molecule has 0 aliphatic carbocycles. The Hall–Kier alpha value is -2.03. The maximum Gasteiger partial charge on any atom is 0.270 e. The number of aryl methyl sites for hydroxylation is 1. The Morgan fingerprint density at radius 3 is 2.42 bits per heavy atom. The maximum atomic E-state index is 12.8. The van der Waals surface area contributed by atoms with E-state index in [2.05, 4.69) is 9.62 Å². The van der Waals surface area contributed by atoms with E-state index >= 15 is 0 Å². The summed E-state index contributed by atoms with van der Waals surface area (Å²) in [5, 5.41) is 0.691. The van der Waals surface area contributed by atoms with Crippen molar-refractivity contribution >= 4 is 33.2 Å². The van der Waals surface area contributed by atoms with Crippen LogP contribution >= 0.6 is 11.6 Å². The first-order valence-electron chi connectivity index (χ1n) is 8.22. The van der Waals surface area contributed by atoms with Gasteiger partial charge >= 0.3 is 0 Å². The maximum absolute atomic E-state index is 12.8. The number of anilines is 1. The molecule has 3 rings (SSSR count). The molecule has 26 heavy (non-hydrogen) atoms. The summed E-state index contributed by atoms with van der Waals surface area (Å²) in [6.07, 6.45) is 1.44. The quantitative estimate of drug-likeness (QED) is 0.850. The molecular weight excluding hydrogens is 376 g/mol. The molecule has 1 saturated heterocycles. The van der Waals surface area contributed by atoms with Gasteiger partial charge in [0, 0.05) is 39.4 Å². The average Bonchev–Trinajstić information content (AvgIpc) is 3.04. The summed E-state index contributed by atoms with van der Waals surface area (Å²) in [4.78, 5) is 16.8. The molecule has 2 aromatic rings. The Morgan fingerprint density at radius 2 is 1.81 bits per heavy atom. The van der Waals surface area contributed by atoms with E-state index in [-0.39, 0.29) is 10.8 Å². The van der Waals surface area contributed by atoms with Gasteiger partial charge in [0.2, 0.25) is 10.0 Å². The van der Waals surface area contributed by atoms with E-state index in [1.165, 1.54) is 19.3 Å². The van der Waals surface area contributed by atoms with Crippen molar-refractivity contribution in [2.24, 2.45) is 7.05 Å². The van der Waals surface area contributed by atoms with Crippen LogP contribution in [-0.4, -0.2) is 57.0 Å². The van der Waals surface area contributed by atoms with Gasteiger partial charge in [-0.05, 0) is 25.2 Å². The number of halogens is 1. The Morgan fingerprint density at radius 1 is 1.15 bits per heavy atom. The van der Waals surface area contributed by atoms with Gasteiger partial charge in [0.25, 0.3) is 5.91 Å². The van der Waals surface area contributed by atoms with E-state index in [0.717, 1.165) is 5.69 Å². The Balaban J connectivity index is 1.72. The molecule has 0 saturated carbocycles. The molecule has 0 atom stereocenters. The number of amides is 1. The van der Waals surface area contributed by atoms with Crippen molar-refractivity contribution in [2.75, 3.05) is 38.1 Å². The number of aromatic nitrogens is 1. The second-order valence-corrected chi connectivity index (χ2v) is 8.40. The number of sulfonamides is 1. The number of nitrogens with one attached hydrogen (secondary N) is 1. The smallest absolute Gasteiger partial charge is 0.270 e. The van der Waals surface area contributed by atoms with E-state index in [1.807, 2.05) is 24.3 Å². The number of benzene rings is 1. The van der Waals surface area contributed by atoms with Crippen molar-refractivity contribution in [3.8, 4) is 0 Å². The zero-order valence-electron chi connectivity index (χ0n) is 14.6. The summed E-state index contributed by atoms with van der Waals surface area (Å²) in [6, 6.07) is 9.05. The van der Waals surface area contributed by atoms with E-state index in [4.69, 9.17) is 11.6 Å². The summed E-state index contributed by atoms with van der Waals surface area (Å²) in [6.45, 7) is 2.43. The van der Waals surface area contributed by atoms with Crippen molar-refractivity contribution in [1.29, 1.82) is 0 Å². The molecule has 1 aliphatic heterocycles. The van der Waals surface area contributed by atoms with Gasteiger partial charge in [0.15, 0.2) is 0 Å². The number of hydrogen-bond acceptors (Lipinski definition) is 4. The Kier molecular flexibility index (Phi) is 5.27. The number of rotatable bonds is 4. The minimum atomic E-state index is -3.58.